The Balaban J connectivity index is 1.40. The van der Waals surface area contributed by atoms with Gasteiger partial charge in [0.2, 0.25) is 0 Å². The first-order valence-corrected chi connectivity index (χ1v) is 12.6. The van der Waals surface area contributed by atoms with Gasteiger partial charge in [0.1, 0.15) is 0 Å². The fourth-order valence-electron chi connectivity index (χ4n) is 3.18. The zero-order valence-corrected chi connectivity index (χ0v) is 20.8. The Morgan fingerprint density at radius 2 is 1.64 bits per heavy atom. The van der Waals surface area contributed by atoms with Gasteiger partial charge < -0.3 is 20.0 Å². The second-order valence-electron chi connectivity index (χ2n) is 7.63. The highest BCUT2D eigenvalue weighted by atomic mass is 35.5. The lowest BCUT2D eigenvalue weighted by Gasteiger charge is -2.15. The number of nitrogens with one attached hydrogen (secondary N) is 4. The fraction of sp³-hybridized carbons (Fsp3) is 0.0870. The Morgan fingerprint density at radius 3 is 2.36 bits per heavy atom. The molecule has 0 saturated heterocycles. The van der Waals surface area contributed by atoms with E-state index >= 15 is 0 Å². The van der Waals surface area contributed by atoms with E-state index in [-0.39, 0.29) is 26.9 Å². The third kappa shape index (κ3) is 5.70. The van der Waals surface area contributed by atoms with Gasteiger partial charge in [-0.1, -0.05) is 23.2 Å². The molecule has 1 amide bonds. The van der Waals surface area contributed by atoms with Crippen molar-refractivity contribution in [2.75, 3.05) is 10.0 Å². The quantitative estimate of drug-likeness (QED) is 0.255. The maximum atomic E-state index is 12.7. The van der Waals surface area contributed by atoms with E-state index < -0.39 is 33.7 Å². The smallest absolute Gasteiger partial charge is 0.338 e. The van der Waals surface area contributed by atoms with Gasteiger partial charge in [0.25, 0.3) is 15.9 Å². The van der Waals surface area contributed by atoms with Crippen molar-refractivity contribution in [1.29, 1.82) is 0 Å². The third-order valence-electron chi connectivity index (χ3n) is 5.01. The number of esters is 1. The number of hydrogen-bond donors (Lipinski definition) is 4. The Hall–Kier alpha value is -3.80. The third-order valence-corrected chi connectivity index (χ3v) is 6.95. The van der Waals surface area contributed by atoms with E-state index in [9.17, 15) is 22.8 Å². The molecule has 0 bridgehead atoms. The van der Waals surface area contributed by atoms with Crippen LogP contribution in [0.3, 0.4) is 0 Å². The first kappa shape index (κ1) is 25.3. The number of carbonyl (C=O) groups excluding carboxylic acids is 2. The lowest BCUT2D eigenvalue weighted by atomic mass is 10.2. The minimum atomic E-state index is -3.97. The molecule has 0 aliphatic heterocycles. The molecule has 0 saturated carbocycles. The molecule has 0 aliphatic carbocycles. The SMILES string of the molecule is CC(OC(=O)c1ccc(NS(=O)(=O)c2ccc3[nH]c(=O)[nH]c3c2)cc1)C(=O)Nc1cc(Cl)ccc1Cl. The van der Waals surface area contributed by atoms with Gasteiger partial charge in [-0.25, -0.2) is 18.0 Å². The van der Waals surface area contributed by atoms with E-state index in [2.05, 4.69) is 20.0 Å². The number of sulfonamides is 1. The number of aromatic nitrogens is 2. The van der Waals surface area contributed by atoms with Crippen molar-refractivity contribution in [3.63, 3.8) is 0 Å². The molecule has 0 spiro atoms. The Morgan fingerprint density at radius 1 is 0.944 bits per heavy atom. The topological polar surface area (TPSA) is 150 Å². The zero-order chi connectivity index (χ0) is 26.0. The molecule has 1 heterocycles. The largest absolute Gasteiger partial charge is 0.449 e. The van der Waals surface area contributed by atoms with Gasteiger partial charge in [-0.15, -0.1) is 0 Å². The number of halogens is 2. The summed E-state index contributed by atoms with van der Waals surface area (Å²) in [6.07, 6.45) is -1.15. The normalized spacial score (nSPS) is 12.2. The van der Waals surface area contributed by atoms with Crippen LogP contribution in [-0.2, 0) is 19.6 Å². The number of H-pyrrole nitrogens is 2. The average Bonchev–Trinajstić information content (AvgIpc) is 3.20. The van der Waals surface area contributed by atoms with Gasteiger partial charge in [0.05, 0.1) is 32.2 Å². The molecule has 10 nitrogen and oxygen atoms in total. The number of benzene rings is 3. The van der Waals surface area contributed by atoms with E-state index in [0.29, 0.717) is 16.1 Å². The molecule has 3 aromatic carbocycles. The molecule has 0 radical (unpaired) electrons. The van der Waals surface area contributed by atoms with Crippen molar-refractivity contribution >= 4 is 67.5 Å². The number of ether oxygens (including phenoxy) is 1. The van der Waals surface area contributed by atoms with Crippen molar-refractivity contribution in [2.24, 2.45) is 0 Å². The maximum Gasteiger partial charge on any atom is 0.338 e. The molecule has 1 aromatic heterocycles. The molecule has 1 atom stereocenters. The van der Waals surface area contributed by atoms with Crippen molar-refractivity contribution in [1.82, 2.24) is 9.97 Å². The molecule has 4 rings (SSSR count). The van der Waals surface area contributed by atoms with Gasteiger partial charge in [0.15, 0.2) is 6.10 Å². The highest BCUT2D eigenvalue weighted by Gasteiger charge is 2.21. The zero-order valence-electron chi connectivity index (χ0n) is 18.5. The van der Waals surface area contributed by atoms with Crippen LogP contribution in [-0.4, -0.2) is 36.4 Å². The molecular formula is C23H18Cl2N4O6S. The highest BCUT2D eigenvalue weighted by molar-refractivity contribution is 7.92. The maximum absolute atomic E-state index is 12.7. The molecular weight excluding hydrogens is 531 g/mol. The van der Waals surface area contributed by atoms with Gasteiger partial charge in [-0.2, -0.15) is 0 Å². The van der Waals surface area contributed by atoms with Gasteiger partial charge >= 0.3 is 11.7 Å². The summed E-state index contributed by atoms with van der Waals surface area (Å²) in [6, 6.07) is 14.2. The molecule has 4 N–H and O–H groups in total. The predicted molar refractivity (Wildman–Crippen MR) is 136 cm³/mol. The van der Waals surface area contributed by atoms with Crippen LogP contribution in [0.15, 0.2) is 70.4 Å². The number of imidazole rings is 1. The van der Waals surface area contributed by atoms with Crippen LogP contribution in [0.4, 0.5) is 11.4 Å². The Bertz CT molecular complexity index is 1630. The van der Waals surface area contributed by atoms with Crippen LogP contribution in [0.25, 0.3) is 11.0 Å². The van der Waals surface area contributed by atoms with Gasteiger partial charge in [-0.05, 0) is 67.6 Å². The number of fused-ring (bicyclic) bond motifs is 1. The highest BCUT2D eigenvalue weighted by Crippen LogP contribution is 2.26. The second kappa shape index (κ2) is 10.1. The van der Waals surface area contributed by atoms with Crippen molar-refractivity contribution in [3.05, 3.63) is 86.8 Å². The first-order valence-electron chi connectivity index (χ1n) is 10.3. The number of hydrogen-bond acceptors (Lipinski definition) is 6. The van der Waals surface area contributed by atoms with E-state index in [0.717, 1.165) is 0 Å². The van der Waals surface area contributed by atoms with Crippen LogP contribution >= 0.6 is 23.2 Å². The molecule has 13 heteroatoms. The number of amides is 1. The number of aromatic amines is 2. The van der Waals surface area contributed by atoms with Gasteiger partial charge in [0, 0.05) is 10.7 Å². The fourth-order valence-corrected chi connectivity index (χ4v) is 4.60. The van der Waals surface area contributed by atoms with Crippen LogP contribution in [0.1, 0.15) is 17.3 Å². The Labute approximate surface area is 214 Å². The number of rotatable bonds is 7. The summed E-state index contributed by atoms with van der Waals surface area (Å²) >= 11 is 11.9. The molecule has 36 heavy (non-hydrogen) atoms. The molecule has 4 aromatic rings. The van der Waals surface area contributed by atoms with E-state index in [1.165, 1.54) is 61.5 Å². The molecule has 186 valence electrons. The van der Waals surface area contributed by atoms with E-state index in [1.807, 2.05) is 0 Å². The predicted octanol–water partition coefficient (Wildman–Crippen LogP) is 4.15. The lowest BCUT2D eigenvalue weighted by molar-refractivity contribution is -0.123. The van der Waals surface area contributed by atoms with Crippen LogP contribution in [0.5, 0.6) is 0 Å². The lowest BCUT2D eigenvalue weighted by Crippen LogP contribution is -2.30. The van der Waals surface area contributed by atoms with Crippen LogP contribution in [0, 0.1) is 0 Å². The summed E-state index contributed by atoms with van der Waals surface area (Å²) in [5.41, 5.74) is 0.934. The molecule has 0 aliphatic rings. The Kier molecular flexibility index (Phi) is 7.07. The standard InChI is InChI=1S/C23H18Cl2N4O6S/c1-12(21(30)26-19-10-14(24)4-8-17(19)25)35-22(31)13-2-5-15(6-3-13)29-36(33,34)16-7-9-18-20(11-16)28-23(32)27-18/h2-12,29H,1H3,(H,26,30)(H2,27,28,32). The van der Waals surface area contributed by atoms with Crippen molar-refractivity contribution in [2.45, 2.75) is 17.9 Å². The number of anilines is 2. The number of carbonyl (C=O) groups is 2. The molecule has 0 fully saturated rings. The first-order chi connectivity index (χ1) is 17.0. The summed E-state index contributed by atoms with van der Waals surface area (Å²) in [5, 5.41) is 3.18. The summed E-state index contributed by atoms with van der Waals surface area (Å²) in [5.74, 6) is -1.40. The minimum Gasteiger partial charge on any atom is -0.449 e. The van der Waals surface area contributed by atoms with Gasteiger partial charge in [-0.3, -0.25) is 9.52 Å². The van der Waals surface area contributed by atoms with Crippen molar-refractivity contribution < 1.29 is 22.7 Å². The van der Waals surface area contributed by atoms with E-state index in [4.69, 9.17) is 27.9 Å². The van der Waals surface area contributed by atoms with Crippen molar-refractivity contribution in [3.8, 4) is 0 Å². The summed E-state index contributed by atoms with van der Waals surface area (Å²) in [7, 11) is -3.97. The summed E-state index contributed by atoms with van der Waals surface area (Å²) in [6.45, 7) is 1.39. The van der Waals surface area contributed by atoms with E-state index in [1.54, 1.807) is 6.07 Å². The summed E-state index contributed by atoms with van der Waals surface area (Å²) < 4.78 is 33.0. The molecule has 1 unspecified atom stereocenters. The average molecular weight is 549 g/mol. The monoisotopic (exact) mass is 548 g/mol. The minimum absolute atomic E-state index is 0.0617. The summed E-state index contributed by atoms with van der Waals surface area (Å²) in [4.78, 5) is 41.2. The second-order valence-corrected chi connectivity index (χ2v) is 10.2. The van der Waals surface area contributed by atoms with Crippen LogP contribution < -0.4 is 15.7 Å². The van der Waals surface area contributed by atoms with Crippen LogP contribution in [0.2, 0.25) is 10.0 Å².